The molecule has 1 N–H and O–H groups in total. The molecule has 4 rings (SSSR count). The van der Waals surface area contributed by atoms with Gasteiger partial charge >= 0.3 is 0 Å². The van der Waals surface area contributed by atoms with E-state index in [9.17, 15) is 8.42 Å². The first-order chi connectivity index (χ1) is 18.2. The van der Waals surface area contributed by atoms with E-state index in [0.29, 0.717) is 41.0 Å². The molecule has 1 aliphatic heterocycles. The zero-order valence-electron chi connectivity index (χ0n) is 22.4. The Morgan fingerprint density at radius 3 is 2.34 bits per heavy atom. The molecule has 0 spiro atoms. The lowest BCUT2D eigenvalue weighted by Crippen LogP contribution is -2.34. The van der Waals surface area contributed by atoms with Crippen molar-refractivity contribution < 1.29 is 27.4 Å². The first-order valence-corrected chi connectivity index (χ1v) is 13.9. The van der Waals surface area contributed by atoms with Gasteiger partial charge in [0.05, 0.1) is 37.9 Å². The molecule has 13 heteroatoms. The zero-order chi connectivity index (χ0) is 27.4. The summed E-state index contributed by atoms with van der Waals surface area (Å²) in [6, 6.07) is 5.28. The number of anilines is 1. The standard InChI is InChI=1S/C25H34N6O6S/c1-15(2)37-23(18-14-26-16(3)13-27-18)17(4)38(32,33)30-25-29-28-24(21-11-8-12-36-21)31(25)22-19(34-5)9-7-10-20(22)35-6/h7,9-10,13-15,17,21,23H,8,11-12H2,1-6H3,(H,29,30)/t17?,21-,23?/m0/s1. The van der Waals surface area contributed by atoms with E-state index in [1.54, 1.807) is 42.8 Å². The summed E-state index contributed by atoms with van der Waals surface area (Å²) >= 11 is 0. The summed E-state index contributed by atoms with van der Waals surface area (Å²) in [5.41, 5.74) is 1.58. The smallest absolute Gasteiger partial charge is 0.243 e. The van der Waals surface area contributed by atoms with Crippen LogP contribution in [0.15, 0.2) is 30.6 Å². The minimum absolute atomic E-state index is 0.0246. The molecule has 0 amide bonds. The van der Waals surface area contributed by atoms with Crippen LogP contribution in [-0.4, -0.2) is 65.3 Å². The van der Waals surface area contributed by atoms with Gasteiger partial charge in [-0.1, -0.05) is 6.07 Å². The molecule has 2 unspecified atom stereocenters. The van der Waals surface area contributed by atoms with Gasteiger partial charge in [0.15, 0.2) is 5.82 Å². The third kappa shape index (κ3) is 5.74. The number of aromatic nitrogens is 5. The Balaban J connectivity index is 1.78. The van der Waals surface area contributed by atoms with E-state index in [-0.39, 0.29) is 18.2 Å². The number of ether oxygens (including phenoxy) is 4. The highest BCUT2D eigenvalue weighted by molar-refractivity contribution is 7.93. The van der Waals surface area contributed by atoms with E-state index in [2.05, 4.69) is 24.9 Å². The van der Waals surface area contributed by atoms with Gasteiger partial charge in [-0.3, -0.25) is 19.3 Å². The van der Waals surface area contributed by atoms with Gasteiger partial charge < -0.3 is 18.9 Å². The van der Waals surface area contributed by atoms with E-state index < -0.39 is 21.4 Å². The Labute approximate surface area is 222 Å². The number of rotatable bonds is 11. The molecular weight excluding hydrogens is 512 g/mol. The highest BCUT2D eigenvalue weighted by Gasteiger charge is 2.36. The molecule has 3 atom stereocenters. The number of para-hydroxylation sites is 1. The lowest BCUT2D eigenvalue weighted by Gasteiger charge is -2.26. The molecule has 1 fully saturated rings. The largest absolute Gasteiger partial charge is 0.494 e. The molecule has 1 aliphatic rings. The molecule has 38 heavy (non-hydrogen) atoms. The van der Waals surface area contributed by atoms with Gasteiger partial charge in [-0.05, 0) is 52.7 Å². The second-order valence-corrected chi connectivity index (χ2v) is 11.3. The topological polar surface area (TPSA) is 140 Å². The summed E-state index contributed by atoms with van der Waals surface area (Å²) in [6.45, 7) is 7.61. The van der Waals surface area contributed by atoms with Crippen molar-refractivity contribution in [2.24, 2.45) is 0 Å². The Bertz CT molecular complexity index is 1320. The van der Waals surface area contributed by atoms with E-state index in [0.717, 1.165) is 12.8 Å². The average molecular weight is 547 g/mol. The Kier molecular flexibility index (Phi) is 8.48. The number of sulfonamides is 1. The monoisotopic (exact) mass is 546 g/mol. The zero-order valence-corrected chi connectivity index (χ0v) is 23.2. The summed E-state index contributed by atoms with van der Waals surface area (Å²) in [5, 5.41) is 7.49. The molecule has 3 heterocycles. The lowest BCUT2D eigenvalue weighted by molar-refractivity contribution is 0.00394. The Hall–Kier alpha value is -3.29. The third-order valence-electron chi connectivity index (χ3n) is 6.19. The van der Waals surface area contributed by atoms with Crippen LogP contribution in [0.5, 0.6) is 11.5 Å². The molecule has 1 aromatic carbocycles. The molecule has 1 saturated heterocycles. The van der Waals surface area contributed by atoms with Gasteiger partial charge in [0, 0.05) is 12.8 Å². The van der Waals surface area contributed by atoms with Crippen LogP contribution in [0.1, 0.15) is 63.0 Å². The van der Waals surface area contributed by atoms with Crippen molar-refractivity contribution in [2.75, 3.05) is 25.5 Å². The normalized spacial score (nSPS) is 17.4. The fourth-order valence-electron chi connectivity index (χ4n) is 4.27. The van der Waals surface area contributed by atoms with E-state index in [1.807, 2.05) is 13.8 Å². The second kappa shape index (κ2) is 11.6. The SMILES string of the molecule is COc1cccc(OC)c1-n1c(NS(=O)(=O)C(C)C(OC(C)C)c2cnc(C)cn2)nnc1[C@@H]1CCCO1. The van der Waals surface area contributed by atoms with Crippen LogP contribution in [-0.2, 0) is 19.5 Å². The molecule has 2 aromatic heterocycles. The van der Waals surface area contributed by atoms with Gasteiger partial charge in [-0.15, -0.1) is 10.2 Å². The molecule has 0 saturated carbocycles. The maximum absolute atomic E-state index is 13.8. The second-order valence-electron chi connectivity index (χ2n) is 9.27. The van der Waals surface area contributed by atoms with Crippen LogP contribution in [0.3, 0.4) is 0 Å². The number of benzene rings is 1. The summed E-state index contributed by atoms with van der Waals surface area (Å²) in [4.78, 5) is 8.65. The average Bonchev–Trinajstić information content (AvgIpc) is 3.56. The maximum atomic E-state index is 13.8. The van der Waals surface area contributed by atoms with Crippen molar-refractivity contribution in [3.05, 3.63) is 47.8 Å². The molecular formula is C25H34N6O6S. The van der Waals surface area contributed by atoms with Crippen LogP contribution < -0.4 is 14.2 Å². The molecule has 0 radical (unpaired) electrons. The highest BCUT2D eigenvalue weighted by atomic mass is 32.2. The van der Waals surface area contributed by atoms with E-state index in [1.165, 1.54) is 20.4 Å². The van der Waals surface area contributed by atoms with Crippen LogP contribution in [0.2, 0.25) is 0 Å². The van der Waals surface area contributed by atoms with Crippen LogP contribution in [0, 0.1) is 6.92 Å². The van der Waals surface area contributed by atoms with Crippen molar-refractivity contribution in [2.45, 2.75) is 64.1 Å². The quantitative estimate of drug-likeness (QED) is 0.380. The summed E-state index contributed by atoms with van der Waals surface area (Å²) in [7, 11) is -1.04. The number of aryl methyl sites for hydroxylation is 1. The molecule has 0 aliphatic carbocycles. The van der Waals surface area contributed by atoms with E-state index in [4.69, 9.17) is 18.9 Å². The van der Waals surface area contributed by atoms with E-state index >= 15 is 0 Å². The third-order valence-corrected chi connectivity index (χ3v) is 7.88. The number of nitrogens with one attached hydrogen (secondary N) is 1. The predicted octanol–water partition coefficient (Wildman–Crippen LogP) is 3.53. The minimum atomic E-state index is -4.08. The van der Waals surface area contributed by atoms with Gasteiger partial charge in [-0.2, -0.15) is 0 Å². The lowest BCUT2D eigenvalue weighted by atomic mass is 10.2. The first kappa shape index (κ1) is 27.7. The van der Waals surface area contributed by atoms with Crippen LogP contribution >= 0.6 is 0 Å². The Morgan fingerprint density at radius 2 is 1.79 bits per heavy atom. The molecule has 206 valence electrons. The van der Waals surface area contributed by atoms with Crippen molar-refractivity contribution in [3.8, 4) is 17.2 Å². The fourth-order valence-corrected chi connectivity index (χ4v) is 5.37. The van der Waals surface area contributed by atoms with Gasteiger partial charge in [0.1, 0.15) is 34.6 Å². The number of methoxy groups -OCH3 is 2. The predicted molar refractivity (Wildman–Crippen MR) is 140 cm³/mol. The Morgan fingerprint density at radius 1 is 1.08 bits per heavy atom. The minimum Gasteiger partial charge on any atom is -0.494 e. The van der Waals surface area contributed by atoms with Crippen LogP contribution in [0.25, 0.3) is 5.69 Å². The van der Waals surface area contributed by atoms with Gasteiger partial charge in [-0.25, -0.2) is 8.42 Å². The summed E-state index contributed by atoms with van der Waals surface area (Å²) in [5.74, 6) is 1.32. The van der Waals surface area contributed by atoms with Crippen molar-refractivity contribution in [3.63, 3.8) is 0 Å². The number of hydrogen-bond acceptors (Lipinski definition) is 10. The van der Waals surface area contributed by atoms with Crippen molar-refractivity contribution >= 4 is 16.0 Å². The van der Waals surface area contributed by atoms with Crippen LogP contribution in [0.4, 0.5) is 5.95 Å². The number of nitrogens with zero attached hydrogens (tertiary/aromatic N) is 5. The molecule has 0 bridgehead atoms. The van der Waals surface area contributed by atoms with Gasteiger partial charge in [0.25, 0.3) is 0 Å². The molecule has 3 aromatic rings. The summed E-state index contributed by atoms with van der Waals surface area (Å²) in [6.07, 6.45) is 3.18. The highest BCUT2D eigenvalue weighted by Crippen LogP contribution is 2.39. The fraction of sp³-hybridized carbons (Fsp3) is 0.520. The first-order valence-electron chi connectivity index (χ1n) is 12.4. The van der Waals surface area contributed by atoms with Crippen molar-refractivity contribution in [1.82, 2.24) is 24.7 Å². The summed E-state index contributed by atoms with van der Waals surface area (Å²) < 4.78 is 54.8. The molecule has 12 nitrogen and oxygen atoms in total. The van der Waals surface area contributed by atoms with Crippen molar-refractivity contribution in [1.29, 1.82) is 0 Å². The maximum Gasteiger partial charge on any atom is 0.243 e. The number of hydrogen-bond donors (Lipinski definition) is 1. The van der Waals surface area contributed by atoms with Gasteiger partial charge in [0.2, 0.25) is 16.0 Å².